The van der Waals surface area contributed by atoms with E-state index in [4.69, 9.17) is 4.18 Å². The van der Waals surface area contributed by atoms with Crippen LogP contribution >= 0.6 is 0 Å². The van der Waals surface area contributed by atoms with Gasteiger partial charge in [0.25, 0.3) is 0 Å². The lowest BCUT2D eigenvalue weighted by atomic mass is 10.0. The van der Waals surface area contributed by atoms with E-state index in [9.17, 15) is 8.42 Å². The molecule has 4 aromatic carbocycles. The summed E-state index contributed by atoms with van der Waals surface area (Å²) >= 11 is 0. The quantitative estimate of drug-likeness (QED) is 0.383. The minimum absolute atomic E-state index is 0.149. The third-order valence-electron chi connectivity index (χ3n) is 4.23. The summed E-state index contributed by atoms with van der Waals surface area (Å²) in [5, 5.41) is 4.18. The Morgan fingerprint density at radius 3 is 2.12 bits per heavy atom. The van der Waals surface area contributed by atoms with Gasteiger partial charge in [-0.1, -0.05) is 60.2 Å². The number of hydrogen-bond donors (Lipinski definition) is 0. The second-order valence-corrected chi connectivity index (χ2v) is 7.57. The van der Waals surface area contributed by atoms with Crippen LogP contribution in [0.2, 0.25) is 0 Å². The van der Waals surface area contributed by atoms with Crippen molar-refractivity contribution in [2.75, 3.05) is 0 Å². The average molecular weight is 348 g/mol. The Hall–Kier alpha value is -2.85. The summed E-state index contributed by atoms with van der Waals surface area (Å²) in [6.07, 6.45) is 0. The molecule has 0 aliphatic rings. The monoisotopic (exact) mass is 348 g/mol. The average Bonchev–Trinajstić information content (AvgIpc) is 2.61. The highest BCUT2D eigenvalue weighted by Crippen LogP contribution is 2.29. The van der Waals surface area contributed by atoms with E-state index in [0.717, 1.165) is 27.1 Å². The molecule has 0 N–H and O–H groups in total. The first-order chi connectivity index (χ1) is 12.0. The molecule has 0 unspecified atom stereocenters. The molecule has 0 bridgehead atoms. The molecule has 0 spiro atoms. The molecule has 0 heterocycles. The highest BCUT2D eigenvalue weighted by atomic mass is 32.2. The van der Waals surface area contributed by atoms with Crippen molar-refractivity contribution in [1.29, 1.82) is 0 Å². The lowest BCUT2D eigenvalue weighted by Gasteiger charge is -2.09. The molecule has 0 saturated heterocycles. The fourth-order valence-electron chi connectivity index (χ4n) is 2.91. The maximum Gasteiger partial charge on any atom is 0.339 e. The molecule has 0 aromatic heterocycles. The first-order valence-corrected chi connectivity index (χ1v) is 9.36. The number of rotatable bonds is 3. The fourth-order valence-corrected chi connectivity index (χ4v) is 3.84. The molecule has 0 saturated carbocycles. The van der Waals surface area contributed by atoms with Crippen LogP contribution in [-0.2, 0) is 10.1 Å². The van der Waals surface area contributed by atoms with Gasteiger partial charge in [-0.25, -0.2) is 0 Å². The predicted molar refractivity (Wildman–Crippen MR) is 100 cm³/mol. The molecular weight excluding hydrogens is 332 g/mol. The Bertz CT molecular complexity index is 1180. The van der Waals surface area contributed by atoms with Gasteiger partial charge in [-0.3, -0.25) is 0 Å². The zero-order chi connectivity index (χ0) is 17.4. The Morgan fingerprint density at radius 1 is 0.720 bits per heavy atom. The third-order valence-corrected chi connectivity index (χ3v) is 5.50. The summed E-state index contributed by atoms with van der Waals surface area (Å²) < 4.78 is 30.3. The lowest BCUT2D eigenvalue weighted by molar-refractivity contribution is 0.486. The molecule has 25 heavy (non-hydrogen) atoms. The minimum atomic E-state index is -3.85. The molecule has 124 valence electrons. The van der Waals surface area contributed by atoms with Crippen molar-refractivity contribution in [2.24, 2.45) is 0 Å². The standard InChI is InChI=1S/C21H16O3S/c1-15-6-12-19(13-7-15)25(22,23)24-18-11-10-17-9-8-16-4-2-3-5-20(16)21(17)14-18/h2-14H,1H3. The first kappa shape index (κ1) is 15.7. The molecule has 0 aliphatic carbocycles. The largest absolute Gasteiger partial charge is 0.379 e. The number of aryl methyl sites for hydroxylation is 1. The first-order valence-electron chi connectivity index (χ1n) is 7.96. The van der Waals surface area contributed by atoms with E-state index in [-0.39, 0.29) is 4.90 Å². The van der Waals surface area contributed by atoms with Crippen LogP contribution in [0.4, 0.5) is 0 Å². The maximum absolute atomic E-state index is 12.5. The SMILES string of the molecule is Cc1ccc(S(=O)(=O)Oc2ccc3ccc4ccccc4c3c2)cc1. The fraction of sp³-hybridized carbons (Fsp3) is 0.0476. The van der Waals surface area contributed by atoms with Gasteiger partial charge in [0.05, 0.1) is 0 Å². The van der Waals surface area contributed by atoms with E-state index < -0.39 is 10.1 Å². The second-order valence-electron chi connectivity index (χ2n) is 6.02. The van der Waals surface area contributed by atoms with Gasteiger partial charge in [0.1, 0.15) is 10.6 Å². The van der Waals surface area contributed by atoms with Gasteiger partial charge in [0, 0.05) is 0 Å². The summed E-state index contributed by atoms with van der Waals surface area (Å²) in [6.45, 7) is 1.91. The van der Waals surface area contributed by atoms with Gasteiger partial charge in [0.15, 0.2) is 0 Å². The molecular formula is C21H16O3S. The summed E-state index contributed by atoms with van der Waals surface area (Å²) in [6, 6.07) is 24.1. The summed E-state index contributed by atoms with van der Waals surface area (Å²) in [5.74, 6) is 0.310. The predicted octanol–water partition coefficient (Wildman–Crippen LogP) is 5.07. The van der Waals surface area contributed by atoms with Crippen LogP contribution < -0.4 is 4.18 Å². The summed E-state index contributed by atoms with van der Waals surface area (Å²) in [7, 11) is -3.85. The van der Waals surface area contributed by atoms with Crippen molar-refractivity contribution in [3.8, 4) is 5.75 Å². The normalized spacial score (nSPS) is 11.7. The van der Waals surface area contributed by atoms with Crippen molar-refractivity contribution in [3.63, 3.8) is 0 Å². The summed E-state index contributed by atoms with van der Waals surface area (Å²) in [5.41, 5.74) is 0.996. The van der Waals surface area contributed by atoms with Gasteiger partial charge in [0.2, 0.25) is 0 Å². The zero-order valence-corrected chi connectivity index (χ0v) is 14.5. The van der Waals surface area contributed by atoms with Crippen LogP contribution in [0.5, 0.6) is 5.75 Å². The van der Waals surface area contributed by atoms with E-state index in [1.807, 2.05) is 43.3 Å². The maximum atomic E-state index is 12.5. The van der Waals surface area contributed by atoms with Crippen LogP contribution in [-0.4, -0.2) is 8.42 Å². The Balaban J connectivity index is 1.79. The van der Waals surface area contributed by atoms with E-state index in [0.29, 0.717) is 5.75 Å². The molecule has 0 aliphatic heterocycles. The van der Waals surface area contributed by atoms with Crippen LogP contribution in [0, 0.1) is 6.92 Å². The van der Waals surface area contributed by atoms with Gasteiger partial charge in [-0.2, -0.15) is 8.42 Å². The molecule has 4 rings (SSSR count). The molecule has 0 amide bonds. The molecule has 0 radical (unpaired) electrons. The topological polar surface area (TPSA) is 43.4 Å². The van der Waals surface area contributed by atoms with Crippen molar-refractivity contribution in [1.82, 2.24) is 0 Å². The Labute approximate surface area is 146 Å². The van der Waals surface area contributed by atoms with Crippen molar-refractivity contribution < 1.29 is 12.6 Å². The molecule has 0 atom stereocenters. The molecule has 4 aromatic rings. The number of hydrogen-bond acceptors (Lipinski definition) is 3. The number of benzene rings is 4. The second kappa shape index (κ2) is 5.90. The van der Waals surface area contributed by atoms with E-state index >= 15 is 0 Å². The van der Waals surface area contributed by atoms with Crippen LogP contribution in [0.15, 0.2) is 83.8 Å². The molecule has 3 nitrogen and oxygen atoms in total. The van der Waals surface area contributed by atoms with Crippen molar-refractivity contribution >= 4 is 31.7 Å². The van der Waals surface area contributed by atoms with Crippen LogP contribution in [0.3, 0.4) is 0 Å². The van der Waals surface area contributed by atoms with Crippen LogP contribution in [0.25, 0.3) is 21.5 Å². The lowest BCUT2D eigenvalue weighted by Crippen LogP contribution is -2.09. The zero-order valence-electron chi connectivity index (χ0n) is 13.6. The highest BCUT2D eigenvalue weighted by Gasteiger charge is 2.16. The third kappa shape index (κ3) is 2.96. The Kier molecular flexibility index (Phi) is 3.70. The van der Waals surface area contributed by atoms with Gasteiger partial charge in [-0.15, -0.1) is 0 Å². The molecule has 4 heteroatoms. The van der Waals surface area contributed by atoms with Crippen molar-refractivity contribution in [2.45, 2.75) is 11.8 Å². The molecule has 0 fully saturated rings. The van der Waals surface area contributed by atoms with Crippen LogP contribution in [0.1, 0.15) is 5.56 Å². The minimum Gasteiger partial charge on any atom is -0.379 e. The summed E-state index contributed by atoms with van der Waals surface area (Å²) in [4.78, 5) is 0.149. The van der Waals surface area contributed by atoms with Gasteiger partial charge >= 0.3 is 10.1 Å². The van der Waals surface area contributed by atoms with Gasteiger partial charge in [-0.05, 0) is 52.7 Å². The van der Waals surface area contributed by atoms with Gasteiger partial charge < -0.3 is 4.18 Å². The smallest absolute Gasteiger partial charge is 0.339 e. The van der Waals surface area contributed by atoms with E-state index in [1.54, 1.807) is 36.4 Å². The Morgan fingerprint density at radius 2 is 1.36 bits per heavy atom. The number of fused-ring (bicyclic) bond motifs is 3. The van der Waals surface area contributed by atoms with E-state index in [1.165, 1.54) is 0 Å². The highest BCUT2D eigenvalue weighted by molar-refractivity contribution is 7.87. The van der Waals surface area contributed by atoms with Crippen molar-refractivity contribution in [3.05, 3.63) is 84.4 Å². The van der Waals surface area contributed by atoms with E-state index in [2.05, 4.69) is 6.07 Å².